The highest BCUT2D eigenvalue weighted by Gasteiger charge is 2.33. The standard InChI is InChI=1S/C13H16N2O3/c16-10-3-8(4-10)7-15-12(18)2-1-9-5-11(17)6-14-13(9)15/h5-6,8,10,16-17H,1-4,7H2/t8-,10+. The Labute approximate surface area is 105 Å². The number of aromatic nitrogens is 1. The SMILES string of the molecule is O=C1CCc2cc(O)cnc2N1C[C@H]1C[C@@H](O)C1. The molecule has 0 saturated heterocycles. The molecule has 1 amide bonds. The first kappa shape index (κ1) is 11.5. The van der Waals surface area contributed by atoms with Gasteiger partial charge in [-0.3, -0.25) is 9.69 Å². The lowest BCUT2D eigenvalue weighted by Crippen LogP contribution is -2.44. The van der Waals surface area contributed by atoms with Crippen LogP contribution in [0, 0.1) is 5.92 Å². The van der Waals surface area contributed by atoms with Gasteiger partial charge in [0.05, 0.1) is 12.3 Å². The largest absolute Gasteiger partial charge is 0.506 e. The lowest BCUT2D eigenvalue weighted by atomic mass is 9.82. The van der Waals surface area contributed by atoms with E-state index < -0.39 is 0 Å². The number of aromatic hydroxyl groups is 1. The molecule has 0 radical (unpaired) electrons. The van der Waals surface area contributed by atoms with Crippen molar-refractivity contribution in [3.63, 3.8) is 0 Å². The van der Waals surface area contributed by atoms with Crippen LogP contribution >= 0.6 is 0 Å². The third-order valence-corrected chi connectivity index (χ3v) is 3.74. The highest BCUT2D eigenvalue weighted by atomic mass is 16.3. The molecule has 0 aromatic carbocycles. The van der Waals surface area contributed by atoms with Crippen LogP contribution in [0.1, 0.15) is 24.8 Å². The number of pyridine rings is 1. The number of hydrogen-bond donors (Lipinski definition) is 2. The molecule has 0 bridgehead atoms. The molecular weight excluding hydrogens is 232 g/mol. The minimum absolute atomic E-state index is 0.0853. The molecule has 2 aliphatic rings. The Morgan fingerprint density at radius 2 is 2.17 bits per heavy atom. The lowest BCUT2D eigenvalue weighted by molar-refractivity contribution is -0.119. The molecule has 18 heavy (non-hydrogen) atoms. The predicted octanol–water partition coefficient (Wildman–Crippen LogP) is 0.837. The molecule has 5 heteroatoms. The van der Waals surface area contributed by atoms with Crippen molar-refractivity contribution in [3.8, 4) is 5.75 Å². The van der Waals surface area contributed by atoms with Crippen LogP contribution in [0.3, 0.4) is 0 Å². The van der Waals surface area contributed by atoms with Crippen LogP contribution in [0.25, 0.3) is 0 Å². The molecule has 3 rings (SSSR count). The minimum Gasteiger partial charge on any atom is -0.506 e. The fraction of sp³-hybridized carbons (Fsp3) is 0.538. The fourth-order valence-electron chi connectivity index (χ4n) is 2.71. The fourth-order valence-corrected chi connectivity index (χ4v) is 2.71. The Morgan fingerprint density at radius 3 is 2.89 bits per heavy atom. The average molecular weight is 248 g/mol. The highest BCUT2D eigenvalue weighted by Crippen LogP contribution is 2.33. The Kier molecular flexibility index (Phi) is 2.70. The number of fused-ring (bicyclic) bond motifs is 1. The van der Waals surface area contributed by atoms with Crippen molar-refractivity contribution in [1.82, 2.24) is 4.98 Å². The summed E-state index contributed by atoms with van der Waals surface area (Å²) in [5.74, 6) is 1.26. The van der Waals surface area contributed by atoms with Crippen molar-refractivity contribution >= 4 is 11.7 Å². The van der Waals surface area contributed by atoms with E-state index in [9.17, 15) is 15.0 Å². The van der Waals surface area contributed by atoms with Gasteiger partial charge in [-0.15, -0.1) is 0 Å². The molecular formula is C13H16N2O3. The Morgan fingerprint density at radius 1 is 1.39 bits per heavy atom. The van der Waals surface area contributed by atoms with Crippen molar-refractivity contribution < 1.29 is 15.0 Å². The maximum Gasteiger partial charge on any atom is 0.228 e. The van der Waals surface area contributed by atoms with Crippen LogP contribution in [0.2, 0.25) is 0 Å². The number of anilines is 1. The summed E-state index contributed by atoms with van der Waals surface area (Å²) in [6.07, 6.45) is 3.79. The molecule has 1 aromatic heterocycles. The molecule has 0 atom stereocenters. The highest BCUT2D eigenvalue weighted by molar-refractivity contribution is 5.95. The first-order chi connectivity index (χ1) is 8.63. The smallest absolute Gasteiger partial charge is 0.228 e. The van der Waals surface area contributed by atoms with Crippen LogP contribution in [0.5, 0.6) is 5.75 Å². The molecule has 5 nitrogen and oxygen atoms in total. The molecule has 1 aliphatic carbocycles. The van der Waals surface area contributed by atoms with Crippen molar-refractivity contribution in [1.29, 1.82) is 0 Å². The quantitative estimate of drug-likeness (QED) is 0.813. The molecule has 1 aliphatic heterocycles. The monoisotopic (exact) mass is 248 g/mol. The van der Waals surface area contributed by atoms with E-state index in [0.717, 1.165) is 18.4 Å². The van der Waals surface area contributed by atoms with E-state index in [1.165, 1.54) is 6.20 Å². The summed E-state index contributed by atoms with van der Waals surface area (Å²) >= 11 is 0. The van der Waals surface area contributed by atoms with E-state index in [0.29, 0.717) is 31.1 Å². The molecule has 1 saturated carbocycles. The van der Waals surface area contributed by atoms with E-state index in [1.54, 1.807) is 11.0 Å². The van der Waals surface area contributed by atoms with Gasteiger partial charge < -0.3 is 10.2 Å². The van der Waals surface area contributed by atoms with Crippen LogP contribution in [-0.4, -0.2) is 33.8 Å². The maximum absolute atomic E-state index is 12.0. The van der Waals surface area contributed by atoms with Gasteiger partial charge in [-0.2, -0.15) is 0 Å². The Bertz CT molecular complexity index is 483. The number of amides is 1. The third kappa shape index (κ3) is 1.95. The third-order valence-electron chi connectivity index (χ3n) is 3.74. The lowest BCUT2D eigenvalue weighted by Gasteiger charge is -2.37. The van der Waals surface area contributed by atoms with Gasteiger partial charge in [-0.25, -0.2) is 4.98 Å². The van der Waals surface area contributed by atoms with E-state index in [-0.39, 0.29) is 17.8 Å². The maximum atomic E-state index is 12.0. The summed E-state index contributed by atoms with van der Waals surface area (Å²) in [6, 6.07) is 1.68. The number of nitrogens with zero attached hydrogens (tertiary/aromatic N) is 2. The van der Waals surface area contributed by atoms with E-state index in [2.05, 4.69) is 4.98 Å². The van der Waals surface area contributed by atoms with Gasteiger partial charge in [-0.05, 0) is 36.8 Å². The van der Waals surface area contributed by atoms with Gasteiger partial charge in [0.1, 0.15) is 11.6 Å². The van der Waals surface area contributed by atoms with Crippen molar-refractivity contribution in [3.05, 3.63) is 17.8 Å². The van der Waals surface area contributed by atoms with Crippen LogP contribution in [0.15, 0.2) is 12.3 Å². The second-order valence-corrected chi connectivity index (χ2v) is 5.17. The molecule has 0 unspecified atom stereocenters. The van der Waals surface area contributed by atoms with Crippen LogP contribution in [-0.2, 0) is 11.2 Å². The summed E-state index contributed by atoms with van der Waals surface area (Å²) in [7, 11) is 0. The number of aliphatic hydroxyl groups excluding tert-OH is 1. The van der Waals surface area contributed by atoms with Gasteiger partial charge in [-0.1, -0.05) is 0 Å². The topological polar surface area (TPSA) is 73.7 Å². The van der Waals surface area contributed by atoms with Crippen LogP contribution in [0.4, 0.5) is 5.82 Å². The first-order valence-electron chi connectivity index (χ1n) is 6.30. The zero-order valence-electron chi connectivity index (χ0n) is 10.0. The van der Waals surface area contributed by atoms with Gasteiger partial charge in [0.2, 0.25) is 5.91 Å². The van der Waals surface area contributed by atoms with Gasteiger partial charge in [0.25, 0.3) is 0 Å². The van der Waals surface area contributed by atoms with Gasteiger partial charge in [0, 0.05) is 13.0 Å². The summed E-state index contributed by atoms with van der Waals surface area (Å²) in [6.45, 7) is 0.626. The summed E-state index contributed by atoms with van der Waals surface area (Å²) in [5, 5.41) is 18.7. The summed E-state index contributed by atoms with van der Waals surface area (Å²) in [5.41, 5.74) is 0.925. The van der Waals surface area contributed by atoms with Crippen LogP contribution < -0.4 is 4.90 Å². The van der Waals surface area contributed by atoms with Gasteiger partial charge in [0.15, 0.2) is 0 Å². The second kappa shape index (κ2) is 4.24. The molecule has 1 fully saturated rings. The van der Waals surface area contributed by atoms with Gasteiger partial charge >= 0.3 is 0 Å². The molecule has 2 N–H and O–H groups in total. The molecule has 0 spiro atoms. The van der Waals surface area contributed by atoms with Crippen molar-refractivity contribution in [2.45, 2.75) is 31.8 Å². The number of rotatable bonds is 2. The number of hydrogen-bond acceptors (Lipinski definition) is 4. The zero-order chi connectivity index (χ0) is 12.7. The predicted molar refractivity (Wildman–Crippen MR) is 65.3 cm³/mol. The summed E-state index contributed by atoms with van der Waals surface area (Å²) < 4.78 is 0. The minimum atomic E-state index is -0.206. The Balaban J connectivity index is 1.83. The van der Waals surface area contributed by atoms with Crippen molar-refractivity contribution in [2.24, 2.45) is 5.92 Å². The number of aliphatic hydroxyl groups is 1. The molecule has 96 valence electrons. The first-order valence-corrected chi connectivity index (χ1v) is 6.30. The summed E-state index contributed by atoms with van der Waals surface area (Å²) in [4.78, 5) is 17.8. The average Bonchev–Trinajstić information content (AvgIpc) is 2.30. The Hall–Kier alpha value is -1.62. The van der Waals surface area contributed by atoms with E-state index >= 15 is 0 Å². The molecule has 1 aromatic rings. The normalized spacial score (nSPS) is 26.7. The number of carbonyl (C=O) groups is 1. The zero-order valence-corrected chi connectivity index (χ0v) is 10.0. The molecule has 2 heterocycles. The van der Waals surface area contributed by atoms with E-state index in [1.807, 2.05) is 0 Å². The number of carbonyl (C=O) groups excluding carboxylic acids is 1. The van der Waals surface area contributed by atoms with Crippen molar-refractivity contribution in [2.75, 3.05) is 11.4 Å². The number of aryl methyl sites for hydroxylation is 1. The van der Waals surface area contributed by atoms with E-state index in [4.69, 9.17) is 0 Å². The second-order valence-electron chi connectivity index (χ2n) is 5.17.